The minimum Gasteiger partial charge on any atom is -0.336 e. The van der Waals surface area contributed by atoms with Crippen molar-refractivity contribution in [1.82, 2.24) is 14.8 Å². The molecule has 0 aliphatic rings. The van der Waals surface area contributed by atoms with Crippen LogP contribution >= 0.6 is 23.8 Å². The first kappa shape index (κ1) is 12.0. The van der Waals surface area contributed by atoms with Gasteiger partial charge in [0, 0.05) is 13.2 Å². The maximum Gasteiger partial charge on any atom is 0.175 e. The number of pyridine rings is 1. The van der Waals surface area contributed by atoms with Crippen LogP contribution in [0.3, 0.4) is 0 Å². The maximum absolute atomic E-state index is 6.08. The second kappa shape index (κ2) is 4.81. The summed E-state index contributed by atoms with van der Waals surface area (Å²) in [6.07, 6.45) is 5.26. The lowest BCUT2D eigenvalue weighted by atomic mass is 10.4. The number of nitrogens with zero attached hydrogens (tertiary/aromatic N) is 4. The molecular formula is C11H11ClN4S. The molecule has 0 spiro atoms. The van der Waals surface area contributed by atoms with E-state index in [2.05, 4.69) is 10.1 Å². The first-order chi connectivity index (χ1) is 8.09. The van der Waals surface area contributed by atoms with Gasteiger partial charge in [0.1, 0.15) is 0 Å². The summed E-state index contributed by atoms with van der Waals surface area (Å²) in [7, 11) is 1.86. The lowest BCUT2D eigenvalue weighted by Gasteiger charge is -2.14. The molecular weight excluding hydrogens is 256 g/mol. The molecule has 17 heavy (non-hydrogen) atoms. The Morgan fingerprint density at radius 2 is 2.29 bits per heavy atom. The molecule has 0 amide bonds. The highest BCUT2D eigenvalue weighted by atomic mass is 35.5. The molecule has 0 bridgehead atoms. The van der Waals surface area contributed by atoms with Gasteiger partial charge in [-0.25, -0.2) is 4.68 Å². The minimum atomic E-state index is 0.417. The predicted octanol–water partition coefficient (Wildman–Crippen LogP) is 2.70. The molecule has 6 heteroatoms. The second-order valence-electron chi connectivity index (χ2n) is 3.54. The topological polar surface area (TPSA) is 34.0 Å². The molecule has 2 rings (SSSR count). The van der Waals surface area contributed by atoms with Crippen LogP contribution in [0.15, 0.2) is 30.7 Å². The van der Waals surface area contributed by atoms with Crippen molar-refractivity contribution in [3.63, 3.8) is 0 Å². The summed E-state index contributed by atoms with van der Waals surface area (Å²) in [5.41, 5.74) is 1.64. The zero-order chi connectivity index (χ0) is 12.4. The molecule has 88 valence electrons. The van der Waals surface area contributed by atoms with Crippen molar-refractivity contribution in [3.05, 3.63) is 35.9 Å². The summed E-state index contributed by atoms with van der Waals surface area (Å²) in [6.45, 7) is 1.84. The fourth-order valence-corrected chi connectivity index (χ4v) is 1.72. The van der Waals surface area contributed by atoms with Crippen LogP contribution in [0, 0.1) is 0 Å². The molecule has 2 aromatic rings. The Morgan fingerprint density at radius 3 is 2.88 bits per heavy atom. The lowest BCUT2D eigenvalue weighted by molar-refractivity contribution is 0.874. The summed E-state index contributed by atoms with van der Waals surface area (Å²) < 4.78 is 1.68. The van der Waals surface area contributed by atoms with Gasteiger partial charge in [0.05, 0.1) is 28.8 Å². The Balaban J connectivity index is 2.41. The molecule has 0 saturated heterocycles. The van der Waals surface area contributed by atoms with Crippen molar-refractivity contribution in [3.8, 4) is 5.69 Å². The summed E-state index contributed by atoms with van der Waals surface area (Å²) in [6, 6.07) is 3.75. The maximum atomic E-state index is 6.08. The van der Waals surface area contributed by atoms with Gasteiger partial charge in [-0.05, 0) is 19.1 Å². The monoisotopic (exact) mass is 266 g/mol. The number of thiocarbonyl (C=S) groups is 1. The molecule has 0 atom stereocenters. The van der Waals surface area contributed by atoms with Crippen molar-refractivity contribution in [2.24, 2.45) is 0 Å². The highest BCUT2D eigenvalue weighted by Crippen LogP contribution is 2.25. The van der Waals surface area contributed by atoms with Gasteiger partial charge in [-0.2, -0.15) is 5.10 Å². The summed E-state index contributed by atoms with van der Waals surface area (Å²) in [5.74, 6) is 0. The average molecular weight is 267 g/mol. The molecule has 0 radical (unpaired) electrons. The van der Waals surface area contributed by atoms with Crippen LogP contribution in [0.25, 0.3) is 5.69 Å². The Bertz CT molecular complexity index is 538. The average Bonchev–Trinajstić information content (AvgIpc) is 2.71. The van der Waals surface area contributed by atoms with Crippen molar-refractivity contribution >= 4 is 34.5 Å². The van der Waals surface area contributed by atoms with Gasteiger partial charge in [0.15, 0.2) is 5.15 Å². The van der Waals surface area contributed by atoms with Gasteiger partial charge in [0.2, 0.25) is 0 Å². The van der Waals surface area contributed by atoms with Crippen LogP contribution in [0.5, 0.6) is 0 Å². The van der Waals surface area contributed by atoms with E-state index in [0.717, 1.165) is 16.4 Å². The molecule has 0 fully saturated rings. The van der Waals surface area contributed by atoms with Gasteiger partial charge in [-0.3, -0.25) is 4.98 Å². The van der Waals surface area contributed by atoms with Gasteiger partial charge >= 0.3 is 0 Å². The van der Waals surface area contributed by atoms with E-state index in [4.69, 9.17) is 23.8 Å². The van der Waals surface area contributed by atoms with Crippen LogP contribution in [0.2, 0.25) is 5.15 Å². The number of rotatable bonds is 2. The third-order valence-electron chi connectivity index (χ3n) is 2.40. The highest BCUT2D eigenvalue weighted by molar-refractivity contribution is 7.80. The van der Waals surface area contributed by atoms with E-state index in [1.54, 1.807) is 17.1 Å². The van der Waals surface area contributed by atoms with Gasteiger partial charge < -0.3 is 4.90 Å². The van der Waals surface area contributed by atoms with E-state index in [1.807, 2.05) is 37.2 Å². The summed E-state index contributed by atoms with van der Waals surface area (Å²) in [4.78, 5) is 6.59. The molecule has 2 heterocycles. The van der Waals surface area contributed by atoms with Crippen LogP contribution in [0.4, 0.5) is 5.69 Å². The van der Waals surface area contributed by atoms with E-state index in [-0.39, 0.29) is 0 Å². The van der Waals surface area contributed by atoms with Crippen molar-refractivity contribution in [2.45, 2.75) is 6.92 Å². The number of halogens is 1. The van der Waals surface area contributed by atoms with Gasteiger partial charge in [-0.15, -0.1) is 0 Å². The fourth-order valence-electron chi connectivity index (χ4n) is 1.36. The number of hydrogen-bond donors (Lipinski definition) is 0. The van der Waals surface area contributed by atoms with E-state index < -0.39 is 0 Å². The Morgan fingerprint density at radius 1 is 1.53 bits per heavy atom. The summed E-state index contributed by atoms with van der Waals surface area (Å²) >= 11 is 11.2. The Kier molecular flexibility index (Phi) is 3.40. The Labute approximate surface area is 110 Å². The molecule has 0 unspecified atom stereocenters. The molecule has 4 nitrogen and oxygen atoms in total. The zero-order valence-corrected chi connectivity index (χ0v) is 11.0. The van der Waals surface area contributed by atoms with Crippen molar-refractivity contribution < 1.29 is 0 Å². The number of hydrogen-bond acceptors (Lipinski definition) is 3. The molecule has 0 saturated carbocycles. The quantitative estimate of drug-likeness (QED) is 0.783. The molecule has 0 N–H and O–H groups in total. The van der Waals surface area contributed by atoms with E-state index in [1.165, 1.54) is 0 Å². The third kappa shape index (κ3) is 2.45. The zero-order valence-electron chi connectivity index (χ0n) is 9.46. The molecule has 0 aliphatic carbocycles. The first-order valence-corrected chi connectivity index (χ1v) is 5.78. The lowest BCUT2D eigenvalue weighted by Crippen LogP contribution is -2.20. The largest absolute Gasteiger partial charge is 0.336 e. The Hall–Kier alpha value is -1.46. The fraction of sp³-hybridized carbons (Fsp3) is 0.182. The smallest absolute Gasteiger partial charge is 0.175 e. The number of anilines is 1. The van der Waals surface area contributed by atoms with Crippen molar-refractivity contribution in [2.75, 3.05) is 11.9 Å². The minimum absolute atomic E-state index is 0.417. The van der Waals surface area contributed by atoms with Crippen LogP contribution < -0.4 is 4.90 Å². The normalized spacial score (nSPS) is 10.3. The van der Waals surface area contributed by atoms with Crippen molar-refractivity contribution in [1.29, 1.82) is 0 Å². The molecule has 0 aromatic carbocycles. The van der Waals surface area contributed by atoms with Crippen LogP contribution in [-0.4, -0.2) is 26.8 Å². The van der Waals surface area contributed by atoms with E-state index in [0.29, 0.717) is 5.15 Å². The van der Waals surface area contributed by atoms with E-state index >= 15 is 0 Å². The van der Waals surface area contributed by atoms with Gasteiger partial charge in [-0.1, -0.05) is 23.8 Å². The molecule has 0 aliphatic heterocycles. The SMILES string of the molecule is CC(=S)N(C)c1cn(-c2cccnc2)nc1Cl. The highest BCUT2D eigenvalue weighted by Gasteiger charge is 2.13. The number of aromatic nitrogens is 3. The second-order valence-corrected chi connectivity index (χ2v) is 4.49. The standard InChI is InChI=1S/C11H11ClN4S/c1-8(17)15(2)10-7-16(14-11(10)12)9-4-3-5-13-6-9/h3-7H,1-2H3. The van der Waals surface area contributed by atoms with E-state index in [9.17, 15) is 0 Å². The predicted molar refractivity (Wildman–Crippen MR) is 73.0 cm³/mol. The van der Waals surface area contributed by atoms with Gasteiger partial charge in [0.25, 0.3) is 0 Å². The third-order valence-corrected chi connectivity index (χ3v) is 2.94. The summed E-state index contributed by atoms with van der Waals surface area (Å²) in [5, 5.41) is 4.64. The molecule has 2 aromatic heterocycles. The van der Waals surface area contributed by atoms with Crippen LogP contribution in [-0.2, 0) is 0 Å². The first-order valence-electron chi connectivity index (χ1n) is 4.99. The van der Waals surface area contributed by atoms with Crippen LogP contribution in [0.1, 0.15) is 6.92 Å².